The Hall–Kier alpha value is -0.870. The number of hydrogen-bond acceptors (Lipinski definition) is 4. The molecule has 4 aliphatic carbocycles. The summed E-state index contributed by atoms with van der Waals surface area (Å²) >= 11 is 0. The molecule has 0 unspecified atom stereocenters. The first kappa shape index (κ1) is 24.8. The molecule has 0 N–H and O–H groups in total. The van der Waals surface area contributed by atoms with Crippen LogP contribution in [0.25, 0.3) is 0 Å². The topological polar surface area (TPSA) is 44.8 Å². The molecule has 0 aromatic carbocycles. The van der Waals surface area contributed by atoms with Gasteiger partial charge in [0.2, 0.25) is 0 Å². The fourth-order valence-electron chi connectivity index (χ4n) is 9.63. The average Bonchev–Trinajstić information content (AvgIpc) is 3.14. The minimum Gasteiger partial charge on any atom is -0.462 e. The third-order valence-electron chi connectivity index (χ3n) is 11.9. The van der Waals surface area contributed by atoms with Gasteiger partial charge in [-0.3, -0.25) is 4.79 Å². The monoisotopic (exact) mass is 472 g/mol. The Morgan fingerprint density at radius 1 is 0.912 bits per heavy atom. The standard InChI is InChI=1S/C30H48O4/c1-19(2)20(3)8-9-21(4)24-10-11-25-27(24,6)14-13-26-28(7)15-12-23(32-22(5)31)18-29(28)16-17-30(25,26)34-33-29/h8-9,19-21,23-26H,10-18H2,1-7H3/b9-8+/t20-,21+,23+,24+,25+,26-,27+,28+,29+,30-/m0/s1. The van der Waals surface area contributed by atoms with Crippen molar-refractivity contribution in [3.8, 4) is 0 Å². The highest BCUT2D eigenvalue weighted by Crippen LogP contribution is 2.74. The van der Waals surface area contributed by atoms with Crippen LogP contribution in [0.4, 0.5) is 0 Å². The summed E-state index contributed by atoms with van der Waals surface area (Å²) in [6.45, 7) is 16.0. The first-order valence-electron chi connectivity index (χ1n) is 14.2. The van der Waals surface area contributed by atoms with E-state index < -0.39 is 0 Å². The van der Waals surface area contributed by atoms with E-state index in [1.54, 1.807) is 0 Å². The summed E-state index contributed by atoms with van der Waals surface area (Å²) in [4.78, 5) is 24.8. The van der Waals surface area contributed by atoms with Crippen LogP contribution in [0.1, 0.15) is 106 Å². The van der Waals surface area contributed by atoms with Crippen molar-refractivity contribution in [2.45, 2.75) is 124 Å². The minimum atomic E-state index is -0.299. The van der Waals surface area contributed by atoms with Crippen LogP contribution in [0.15, 0.2) is 12.2 Å². The smallest absolute Gasteiger partial charge is 0.302 e. The predicted molar refractivity (Wildman–Crippen MR) is 134 cm³/mol. The molecular formula is C30H48O4. The fourth-order valence-corrected chi connectivity index (χ4v) is 9.63. The maximum absolute atomic E-state index is 11.6. The van der Waals surface area contributed by atoms with Crippen molar-refractivity contribution in [1.82, 2.24) is 0 Å². The number of ether oxygens (including phenoxy) is 1. The van der Waals surface area contributed by atoms with E-state index in [2.05, 4.69) is 53.7 Å². The highest BCUT2D eigenvalue weighted by atomic mass is 17.2. The average molecular weight is 473 g/mol. The molecule has 0 radical (unpaired) electrons. The zero-order valence-corrected chi connectivity index (χ0v) is 22.7. The largest absolute Gasteiger partial charge is 0.462 e. The molecule has 2 aliphatic heterocycles. The van der Waals surface area contributed by atoms with Crippen LogP contribution < -0.4 is 0 Å². The van der Waals surface area contributed by atoms with Crippen LogP contribution in [-0.4, -0.2) is 23.3 Å². The van der Waals surface area contributed by atoms with Crippen molar-refractivity contribution in [3.63, 3.8) is 0 Å². The summed E-state index contributed by atoms with van der Waals surface area (Å²) in [5.74, 6) is 3.58. The summed E-state index contributed by atoms with van der Waals surface area (Å²) < 4.78 is 5.66. The van der Waals surface area contributed by atoms with Crippen molar-refractivity contribution in [3.05, 3.63) is 12.2 Å². The van der Waals surface area contributed by atoms with E-state index in [4.69, 9.17) is 14.5 Å². The number of fused-ring (bicyclic) bond motifs is 3. The van der Waals surface area contributed by atoms with Crippen molar-refractivity contribution in [2.24, 2.45) is 46.3 Å². The number of rotatable bonds is 5. The van der Waals surface area contributed by atoms with Gasteiger partial charge in [-0.25, -0.2) is 9.78 Å². The van der Waals surface area contributed by atoms with E-state index in [1.165, 1.54) is 32.6 Å². The lowest BCUT2D eigenvalue weighted by atomic mass is 9.40. The molecule has 10 atom stereocenters. The second kappa shape index (κ2) is 8.33. The van der Waals surface area contributed by atoms with E-state index in [0.717, 1.165) is 32.1 Å². The number of carbonyl (C=O) groups is 1. The normalized spacial score (nSPS) is 49.4. The lowest BCUT2D eigenvalue weighted by molar-refractivity contribution is -0.536. The number of hydrogen-bond donors (Lipinski definition) is 0. The molecule has 6 aliphatic rings. The molecule has 2 bridgehead atoms. The first-order valence-corrected chi connectivity index (χ1v) is 14.2. The molecule has 4 heteroatoms. The lowest BCUT2D eigenvalue weighted by Gasteiger charge is -2.72. The second-order valence-corrected chi connectivity index (χ2v) is 13.7. The SMILES string of the molecule is CC(=O)O[C@@H]1CC[C@]2(C)[C@@H]3CC[C@]4(C)[C@@H]([C@H](C)/C=C/[C@H](C)C(C)C)CC[C@H]4[C@@]34CC[C@]2(C1)OO4. The molecule has 2 heterocycles. The minimum absolute atomic E-state index is 0.0367. The molecule has 0 amide bonds. The Morgan fingerprint density at radius 2 is 1.68 bits per heavy atom. The van der Waals surface area contributed by atoms with Crippen LogP contribution in [0.2, 0.25) is 0 Å². The predicted octanol–water partition coefficient (Wildman–Crippen LogP) is 7.27. The van der Waals surface area contributed by atoms with Gasteiger partial charge < -0.3 is 4.74 Å². The van der Waals surface area contributed by atoms with Crippen molar-refractivity contribution >= 4 is 5.97 Å². The van der Waals surface area contributed by atoms with Gasteiger partial charge in [0.25, 0.3) is 0 Å². The molecule has 34 heavy (non-hydrogen) atoms. The zero-order valence-electron chi connectivity index (χ0n) is 22.7. The second-order valence-electron chi connectivity index (χ2n) is 13.7. The lowest BCUT2D eigenvalue weighted by Crippen LogP contribution is -2.75. The van der Waals surface area contributed by atoms with E-state index >= 15 is 0 Å². The summed E-state index contributed by atoms with van der Waals surface area (Å²) in [6.07, 6.45) is 15.0. The van der Waals surface area contributed by atoms with Crippen LogP contribution in [0, 0.1) is 46.3 Å². The summed E-state index contributed by atoms with van der Waals surface area (Å²) in [6, 6.07) is 0. The van der Waals surface area contributed by atoms with Gasteiger partial charge in [-0.05, 0) is 92.3 Å². The van der Waals surface area contributed by atoms with Crippen LogP contribution in [0.5, 0.6) is 0 Å². The molecule has 6 fully saturated rings. The molecule has 0 aromatic rings. The third kappa shape index (κ3) is 3.40. The fraction of sp³-hybridized carbons (Fsp3) is 0.900. The Balaban J connectivity index is 1.39. The Kier molecular flexibility index (Phi) is 6.08. The van der Waals surface area contributed by atoms with E-state index in [9.17, 15) is 4.79 Å². The molecule has 2 spiro atoms. The zero-order chi connectivity index (χ0) is 24.5. The van der Waals surface area contributed by atoms with Gasteiger partial charge in [0.05, 0.1) is 0 Å². The third-order valence-corrected chi connectivity index (χ3v) is 11.9. The summed E-state index contributed by atoms with van der Waals surface area (Å²) in [5.41, 5.74) is -0.0150. The molecule has 4 saturated carbocycles. The van der Waals surface area contributed by atoms with Crippen molar-refractivity contribution in [2.75, 3.05) is 0 Å². The molecule has 2 saturated heterocycles. The van der Waals surface area contributed by atoms with Gasteiger partial charge in [-0.2, -0.15) is 0 Å². The Morgan fingerprint density at radius 3 is 2.32 bits per heavy atom. The summed E-state index contributed by atoms with van der Waals surface area (Å²) in [7, 11) is 0. The van der Waals surface area contributed by atoms with Crippen molar-refractivity contribution < 1.29 is 19.3 Å². The maximum Gasteiger partial charge on any atom is 0.302 e. The number of carbonyl (C=O) groups excluding carboxylic acids is 1. The molecular weight excluding hydrogens is 424 g/mol. The highest BCUT2D eigenvalue weighted by Gasteiger charge is 2.76. The van der Waals surface area contributed by atoms with Gasteiger partial charge in [0.15, 0.2) is 0 Å². The molecule has 6 rings (SSSR count). The molecule has 192 valence electrons. The number of allylic oxidation sites excluding steroid dienone is 2. The quantitative estimate of drug-likeness (QED) is 0.240. The van der Waals surface area contributed by atoms with Gasteiger partial charge in [0.1, 0.15) is 17.3 Å². The Labute approximate surface area is 207 Å². The van der Waals surface area contributed by atoms with E-state index in [-0.39, 0.29) is 28.7 Å². The van der Waals surface area contributed by atoms with Crippen LogP contribution in [-0.2, 0) is 19.3 Å². The Bertz CT molecular complexity index is 824. The highest BCUT2D eigenvalue weighted by molar-refractivity contribution is 5.66. The van der Waals surface area contributed by atoms with E-state index in [1.807, 2.05) is 0 Å². The van der Waals surface area contributed by atoms with Crippen LogP contribution in [0.3, 0.4) is 0 Å². The molecule has 4 nitrogen and oxygen atoms in total. The van der Waals surface area contributed by atoms with Gasteiger partial charge in [-0.15, -0.1) is 0 Å². The summed E-state index contributed by atoms with van der Waals surface area (Å²) in [5, 5.41) is 0. The maximum atomic E-state index is 11.6. The van der Waals surface area contributed by atoms with Gasteiger partial charge >= 0.3 is 5.97 Å². The van der Waals surface area contributed by atoms with Crippen LogP contribution >= 0.6 is 0 Å². The first-order chi connectivity index (χ1) is 16.0. The van der Waals surface area contributed by atoms with Gasteiger partial charge in [0, 0.05) is 18.8 Å². The van der Waals surface area contributed by atoms with Crippen molar-refractivity contribution in [1.29, 1.82) is 0 Å². The molecule has 0 aromatic heterocycles. The van der Waals surface area contributed by atoms with E-state index in [0.29, 0.717) is 40.9 Å². The van der Waals surface area contributed by atoms with Gasteiger partial charge in [-0.1, -0.05) is 53.7 Å². The number of esters is 1.